The number of carbonyl (C=O) groups is 1. The van der Waals surface area contributed by atoms with E-state index in [1.807, 2.05) is 0 Å². The van der Waals surface area contributed by atoms with Gasteiger partial charge in [0, 0.05) is 0 Å². The van der Waals surface area contributed by atoms with Crippen LogP contribution in [-0.4, -0.2) is 53.1 Å². The zero-order valence-corrected chi connectivity index (χ0v) is 37.7. The molecule has 0 heterocycles. The number of rotatable bonds is 44. The minimum absolute atomic E-state index is 0.279. The molecular formula is C48H93NO6S. The van der Waals surface area contributed by atoms with Gasteiger partial charge < -0.3 is 15.5 Å². The van der Waals surface area contributed by atoms with E-state index < -0.39 is 40.0 Å². The molecule has 3 unspecified atom stereocenters. The lowest BCUT2D eigenvalue weighted by molar-refractivity contribution is -0.130. The van der Waals surface area contributed by atoms with Crippen LogP contribution in [0.5, 0.6) is 0 Å². The Morgan fingerprint density at radius 2 is 0.804 bits per heavy atom. The normalized spacial score (nSPS) is 13.9. The summed E-state index contributed by atoms with van der Waals surface area (Å²) in [6.45, 7) is 4.54. The minimum Gasteiger partial charge on any atom is -0.387 e. The Kier molecular flexibility index (Phi) is 41.0. The summed E-state index contributed by atoms with van der Waals surface area (Å²) < 4.78 is 32.6. The zero-order valence-electron chi connectivity index (χ0n) is 36.9. The lowest BCUT2D eigenvalue weighted by Crippen LogP contribution is -2.50. The summed E-state index contributed by atoms with van der Waals surface area (Å²) in [5.41, 5.74) is 0. The van der Waals surface area contributed by atoms with Crippen molar-refractivity contribution in [2.75, 3.05) is 5.75 Å². The van der Waals surface area contributed by atoms with E-state index in [1.165, 1.54) is 192 Å². The Bertz CT molecular complexity index is 1000. The van der Waals surface area contributed by atoms with Gasteiger partial charge in [-0.2, -0.15) is 8.42 Å². The van der Waals surface area contributed by atoms with Crippen molar-refractivity contribution >= 4 is 16.0 Å². The third-order valence-electron chi connectivity index (χ3n) is 11.2. The maximum Gasteiger partial charge on any atom is 0.267 e. The number of allylic oxidation sites excluding steroid dienone is 3. The number of aliphatic hydroxyl groups is 2. The van der Waals surface area contributed by atoms with Crippen LogP contribution in [-0.2, 0) is 14.9 Å². The molecule has 0 saturated carbocycles. The van der Waals surface area contributed by atoms with Crippen molar-refractivity contribution in [3.05, 3.63) is 24.3 Å². The first-order valence-electron chi connectivity index (χ1n) is 24.1. The standard InChI is InChI=1S/C48H93NO6S/c1-3-5-7-9-11-13-15-17-19-21-23-24-25-27-29-31-33-35-37-39-41-43-47(51)48(52)49-45(44-56(53,54)55)46(50)42-40-38-36-34-32-30-28-26-22-20-18-16-14-12-10-8-6-4-2/h32,34,40,42,45-47,50-51H,3-31,33,35-39,41,43-44H2,1-2H3,(H,49,52)(H,53,54,55)/b34-32+,42-40+. The Morgan fingerprint density at radius 1 is 0.482 bits per heavy atom. The van der Waals surface area contributed by atoms with E-state index in [4.69, 9.17) is 0 Å². The molecule has 7 nitrogen and oxygen atoms in total. The molecule has 0 radical (unpaired) electrons. The largest absolute Gasteiger partial charge is 0.387 e. The number of amides is 1. The molecule has 4 N–H and O–H groups in total. The van der Waals surface area contributed by atoms with Gasteiger partial charge in [0.25, 0.3) is 10.1 Å². The van der Waals surface area contributed by atoms with E-state index in [-0.39, 0.29) is 6.42 Å². The second-order valence-corrected chi connectivity index (χ2v) is 18.4. The highest BCUT2D eigenvalue weighted by Crippen LogP contribution is 2.17. The molecule has 56 heavy (non-hydrogen) atoms. The summed E-state index contributed by atoms with van der Waals surface area (Å²) in [6.07, 6.45) is 51.0. The van der Waals surface area contributed by atoms with Crippen molar-refractivity contribution in [1.82, 2.24) is 5.32 Å². The highest BCUT2D eigenvalue weighted by molar-refractivity contribution is 7.85. The van der Waals surface area contributed by atoms with Crippen LogP contribution >= 0.6 is 0 Å². The lowest BCUT2D eigenvalue weighted by atomic mass is 10.0. The first kappa shape index (κ1) is 54.8. The summed E-state index contributed by atoms with van der Waals surface area (Å²) in [7, 11) is -4.45. The molecule has 0 aliphatic rings. The van der Waals surface area contributed by atoms with Gasteiger partial charge in [0.1, 0.15) is 6.10 Å². The molecule has 0 fully saturated rings. The van der Waals surface area contributed by atoms with Crippen LogP contribution in [0, 0.1) is 0 Å². The van der Waals surface area contributed by atoms with Gasteiger partial charge in [0.2, 0.25) is 5.91 Å². The molecule has 0 aliphatic carbocycles. The average Bonchev–Trinajstić information content (AvgIpc) is 3.17. The summed E-state index contributed by atoms with van der Waals surface area (Å²) in [5, 5.41) is 23.5. The Labute approximate surface area is 347 Å². The zero-order chi connectivity index (χ0) is 41.2. The predicted molar refractivity (Wildman–Crippen MR) is 241 cm³/mol. The Hall–Kier alpha value is -1.22. The van der Waals surface area contributed by atoms with Gasteiger partial charge in [-0.05, 0) is 32.1 Å². The van der Waals surface area contributed by atoms with Crippen molar-refractivity contribution < 1.29 is 28.0 Å². The van der Waals surface area contributed by atoms with Crippen LogP contribution in [0.4, 0.5) is 0 Å². The summed E-state index contributed by atoms with van der Waals surface area (Å²) >= 11 is 0. The molecule has 0 bridgehead atoms. The van der Waals surface area contributed by atoms with Crippen molar-refractivity contribution in [3.63, 3.8) is 0 Å². The van der Waals surface area contributed by atoms with E-state index >= 15 is 0 Å². The first-order chi connectivity index (χ1) is 27.2. The fourth-order valence-electron chi connectivity index (χ4n) is 7.53. The molecule has 1 amide bonds. The van der Waals surface area contributed by atoms with Crippen LogP contribution in [0.1, 0.15) is 251 Å². The first-order valence-corrected chi connectivity index (χ1v) is 25.8. The van der Waals surface area contributed by atoms with E-state index in [0.29, 0.717) is 12.8 Å². The van der Waals surface area contributed by atoms with Crippen molar-refractivity contribution in [1.29, 1.82) is 0 Å². The SMILES string of the molecule is CCCCCCCCCCCCCC/C=C/CC/C=C/C(O)C(CS(=O)(=O)O)NC(=O)C(O)CCCCCCCCCCCCCCCCCCCCCCC. The van der Waals surface area contributed by atoms with Gasteiger partial charge in [-0.15, -0.1) is 0 Å². The quantitative estimate of drug-likeness (QED) is 0.0276. The smallest absolute Gasteiger partial charge is 0.267 e. The van der Waals surface area contributed by atoms with Crippen molar-refractivity contribution in [2.45, 2.75) is 270 Å². The van der Waals surface area contributed by atoms with Crippen LogP contribution in [0.2, 0.25) is 0 Å². The van der Waals surface area contributed by atoms with Crippen molar-refractivity contribution in [3.8, 4) is 0 Å². The van der Waals surface area contributed by atoms with E-state index in [0.717, 1.165) is 32.1 Å². The third-order valence-corrected chi connectivity index (χ3v) is 12.0. The van der Waals surface area contributed by atoms with Crippen molar-refractivity contribution in [2.24, 2.45) is 0 Å². The average molecular weight is 812 g/mol. The van der Waals surface area contributed by atoms with Crippen LogP contribution < -0.4 is 5.32 Å². The molecular weight excluding hydrogens is 719 g/mol. The topological polar surface area (TPSA) is 124 Å². The van der Waals surface area contributed by atoms with E-state index in [1.54, 1.807) is 6.08 Å². The Balaban J connectivity index is 3.94. The molecule has 0 aromatic heterocycles. The highest BCUT2D eigenvalue weighted by Gasteiger charge is 2.27. The second-order valence-electron chi connectivity index (χ2n) is 16.9. The van der Waals surface area contributed by atoms with E-state index in [9.17, 15) is 28.0 Å². The molecule has 0 aromatic carbocycles. The van der Waals surface area contributed by atoms with Gasteiger partial charge in [-0.25, -0.2) is 0 Å². The fourth-order valence-corrected chi connectivity index (χ4v) is 8.27. The molecule has 332 valence electrons. The Morgan fingerprint density at radius 3 is 1.18 bits per heavy atom. The van der Waals surface area contributed by atoms with Gasteiger partial charge in [-0.3, -0.25) is 9.35 Å². The number of hydrogen-bond donors (Lipinski definition) is 4. The lowest BCUT2D eigenvalue weighted by Gasteiger charge is -2.22. The fraction of sp³-hybridized carbons (Fsp3) is 0.896. The maximum absolute atomic E-state index is 12.6. The van der Waals surface area contributed by atoms with Gasteiger partial charge >= 0.3 is 0 Å². The van der Waals surface area contributed by atoms with Crippen LogP contribution in [0.3, 0.4) is 0 Å². The highest BCUT2D eigenvalue weighted by atomic mass is 32.2. The second kappa shape index (κ2) is 41.9. The molecule has 0 spiro atoms. The number of aliphatic hydroxyl groups excluding tert-OH is 2. The summed E-state index contributed by atoms with van der Waals surface area (Å²) in [5.74, 6) is -1.55. The molecule has 3 atom stereocenters. The van der Waals surface area contributed by atoms with E-state index in [2.05, 4.69) is 31.3 Å². The van der Waals surface area contributed by atoms with Gasteiger partial charge in [-0.1, -0.05) is 244 Å². The molecule has 8 heteroatoms. The third kappa shape index (κ3) is 41.0. The summed E-state index contributed by atoms with van der Waals surface area (Å²) in [6, 6.07) is -1.25. The summed E-state index contributed by atoms with van der Waals surface area (Å²) in [4.78, 5) is 12.6. The van der Waals surface area contributed by atoms with Gasteiger partial charge in [0.15, 0.2) is 0 Å². The molecule has 0 aliphatic heterocycles. The monoisotopic (exact) mass is 812 g/mol. The number of unbranched alkanes of at least 4 members (excludes halogenated alkanes) is 33. The number of carbonyl (C=O) groups excluding carboxylic acids is 1. The molecule has 0 aromatic rings. The maximum atomic E-state index is 12.6. The van der Waals surface area contributed by atoms with Crippen LogP contribution in [0.25, 0.3) is 0 Å². The minimum atomic E-state index is -4.45. The molecule has 0 saturated heterocycles. The molecule has 0 rings (SSSR count). The number of nitrogens with one attached hydrogen (secondary N) is 1. The van der Waals surface area contributed by atoms with Gasteiger partial charge in [0.05, 0.1) is 17.9 Å². The van der Waals surface area contributed by atoms with Crippen LogP contribution in [0.15, 0.2) is 24.3 Å². The number of hydrogen-bond acceptors (Lipinski definition) is 5. The predicted octanol–water partition coefficient (Wildman–Crippen LogP) is 13.7.